The lowest BCUT2D eigenvalue weighted by molar-refractivity contribution is -0.116. The first-order valence-electron chi connectivity index (χ1n) is 5.99. The lowest BCUT2D eigenvalue weighted by Gasteiger charge is -2.07. The third kappa shape index (κ3) is 4.10. The van der Waals surface area contributed by atoms with E-state index in [2.05, 4.69) is 5.32 Å². The molecule has 19 heavy (non-hydrogen) atoms. The van der Waals surface area contributed by atoms with Crippen molar-refractivity contribution >= 4 is 27.5 Å². The van der Waals surface area contributed by atoms with Gasteiger partial charge in [0.1, 0.15) is 0 Å². The van der Waals surface area contributed by atoms with Crippen LogP contribution >= 0.6 is 0 Å². The number of hydrogen-bond acceptors (Lipinski definition) is 4. The van der Waals surface area contributed by atoms with E-state index in [1.165, 1.54) is 6.08 Å². The number of nitrogen functional groups attached to an aromatic ring is 1. The van der Waals surface area contributed by atoms with E-state index in [1.54, 1.807) is 24.3 Å². The van der Waals surface area contributed by atoms with Gasteiger partial charge in [-0.25, -0.2) is 8.42 Å². The average Bonchev–Trinajstić information content (AvgIpc) is 2.66. The Labute approximate surface area is 112 Å². The molecule has 1 aliphatic rings. The van der Waals surface area contributed by atoms with Gasteiger partial charge in [-0.1, -0.05) is 12.1 Å². The zero-order valence-electron chi connectivity index (χ0n) is 10.4. The predicted molar refractivity (Wildman–Crippen MR) is 75.1 cm³/mol. The number of sulfone groups is 1. The molecular weight excluding hydrogens is 264 g/mol. The molecule has 5 nitrogen and oxygen atoms in total. The molecule has 1 aromatic carbocycles. The van der Waals surface area contributed by atoms with E-state index in [0.29, 0.717) is 12.1 Å². The highest BCUT2D eigenvalue weighted by atomic mass is 32.2. The third-order valence-electron chi connectivity index (χ3n) is 2.92. The van der Waals surface area contributed by atoms with E-state index in [0.717, 1.165) is 5.56 Å². The second kappa shape index (κ2) is 5.44. The standard InChI is InChI=1S/C13H16N2O3S/c14-11-3-1-2-10(8-11)4-5-13(16)15-12-6-7-19(17,18)9-12/h1-5,8,12H,6-7,9,14H2,(H,15,16)/b5-4+. The highest BCUT2D eigenvalue weighted by Crippen LogP contribution is 2.11. The Kier molecular flexibility index (Phi) is 3.90. The Balaban J connectivity index is 1.91. The van der Waals surface area contributed by atoms with Crippen molar-refractivity contribution in [2.75, 3.05) is 17.2 Å². The van der Waals surface area contributed by atoms with E-state index in [-0.39, 0.29) is 23.5 Å². The molecule has 1 aliphatic heterocycles. The highest BCUT2D eigenvalue weighted by Gasteiger charge is 2.28. The van der Waals surface area contributed by atoms with Gasteiger partial charge >= 0.3 is 0 Å². The van der Waals surface area contributed by atoms with E-state index < -0.39 is 9.84 Å². The van der Waals surface area contributed by atoms with Gasteiger partial charge in [0.2, 0.25) is 5.91 Å². The number of carbonyl (C=O) groups is 1. The van der Waals surface area contributed by atoms with Crippen molar-refractivity contribution in [3.05, 3.63) is 35.9 Å². The molecule has 0 aromatic heterocycles. The number of anilines is 1. The number of benzene rings is 1. The summed E-state index contributed by atoms with van der Waals surface area (Å²) >= 11 is 0. The van der Waals surface area contributed by atoms with Crippen molar-refractivity contribution in [1.82, 2.24) is 5.32 Å². The Morgan fingerprint density at radius 2 is 2.21 bits per heavy atom. The maximum absolute atomic E-state index is 11.6. The molecule has 1 aromatic rings. The van der Waals surface area contributed by atoms with Gasteiger partial charge in [-0.3, -0.25) is 4.79 Å². The second-order valence-electron chi connectivity index (χ2n) is 4.61. The fraction of sp³-hybridized carbons (Fsp3) is 0.308. The Morgan fingerprint density at radius 3 is 2.84 bits per heavy atom. The molecule has 1 heterocycles. The molecule has 6 heteroatoms. The number of hydrogen-bond donors (Lipinski definition) is 2. The van der Waals surface area contributed by atoms with Crippen LogP contribution in [0.3, 0.4) is 0 Å². The van der Waals surface area contributed by atoms with Gasteiger partial charge in [0, 0.05) is 17.8 Å². The summed E-state index contributed by atoms with van der Waals surface area (Å²) in [7, 11) is -2.97. The van der Waals surface area contributed by atoms with Crippen LogP contribution in [-0.2, 0) is 14.6 Å². The Morgan fingerprint density at radius 1 is 1.42 bits per heavy atom. The number of carbonyl (C=O) groups excluding carboxylic acids is 1. The Bertz CT molecular complexity index is 608. The molecule has 1 unspecified atom stereocenters. The minimum Gasteiger partial charge on any atom is -0.399 e. The van der Waals surface area contributed by atoms with Crippen molar-refractivity contribution < 1.29 is 13.2 Å². The van der Waals surface area contributed by atoms with Gasteiger partial charge in [-0.05, 0) is 30.2 Å². The van der Waals surface area contributed by atoms with Gasteiger partial charge in [-0.15, -0.1) is 0 Å². The van der Waals surface area contributed by atoms with Crippen LogP contribution in [0, 0.1) is 0 Å². The lowest BCUT2D eigenvalue weighted by Crippen LogP contribution is -2.34. The molecular formula is C13H16N2O3S. The number of nitrogens with one attached hydrogen (secondary N) is 1. The van der Waals surface area contributed by atoms with Gasteiger partial charge in [0.05, 0.1) is 11.5 Å². The van der Waals surface area contributed by atoms with Crippen LogP contribution < -0.4 is 11.1 Å². The summed E-state index contributed by atoms with van der Waals surface area (Å²) in [5.41, 5.74) is 7.08. The summed E-state index contributed by atoms with van der Waals surface area (Å²) in [5, 5.41) is 2.68. The summed E-state index contributed by atoms with van der Waals surface area (Å²) < 4.78 is 22.5. The van der Waals surface area contributed by atoms with Crippen molar-refractivity contribution in [3.63, 3.8) is 0 Å². The molecule has 1 saturated heterocycles. The topological polar surface area (TPSA) is 89.3 Å². The number of amides is 1. The largest absolute Gasteiger partial charge is 0.399 e. The second-order valence-corrected chi connectivity index (χ2v) is 6.84. The summed E-state index contributed by atoms with van der Waals surface area (Å²) in [5.74, 6) is -0.105. The van der Waals surface area contributed by atoms with E-state index in [1.807, 2.05) is 6.07 Å². The fourth-order valence-electron chi connectivity index (χ4n) is 1.99. The smallest absolute Gasteiger partial charge is 0.244 e. The molecule has 1 atom stereocenters. The summed E-state index contributed by atoms with van der Waals surface area (Å²) in [6, 6.07) is 6.88. The fourth-order valence-corrected chi connectivity index (χ4v) is 3.67. The van der Waals surface area contributed by atoms with Crippen molar-refractivity contribution in [2.24, 2.45) is 0 Å². The zero-order chi connectivity index (χ0) is 13.9. The molecule has 3 N–H and O–H groups in total. The summed E-state index contributed by atoms with van der Waals surface area (Å²) in [6.07, 6.45) is 3.52. The Hall–Kier alpha value is -1.82. The first-order valence-corrected chi connectivity index (χ1v) is 7.81. The maximum atomic E-state index is 11.6. The van der Waals surface area contributed by atoms with Crippen molar-refractivity contribution in [3.8, 4) is 0 Å². The number of nitrogens with two attached hydrogens (primary N) is 1. The maximum Gasteiger partial charge on any atom is 0.244 e. The average molecular weight is 280 g/mol. The minimum atomic E-state index is -2.97. The van der Waals surface area contributed by atoms with E-state index in [9.17, 15) is 13.2 Å². The van der Waals surface area contributed by atoms with Crippen LogP contribution in [0.25, 0.3) is 6.08 Å². The SMILES string of the molecule is Nc1cccc(/C=C/C(=O)NC2CCS(=O)(=O)C2)c1. The van der Waals surface area contributed by atoms with Crippen LogP contribution in [0.5, 0.6) is 0 Å². The molecule has 102 valence electrons. The number of rotatable bonds is 3. The zero-order valence-corrected chi connectivity index (χ0v) is 11.2. The first-order chi connectivity index (χ1) is 8.94. The molecule has 0 spiro atoms. The molecule has 2 rings (SSSR count). The van der Waals surface area contributed by atoms with Crippen LogP contribution in [0.4, 0.5) is 5.69 Å². The van der Waals surface area contributed by atoms with Gasteiger partial charge in [0.15, 0.2) is 9.84 Å². The van der Waals surface area contributed by atoms with E-state index >= 15 is 0 Å². The predicted octanol–water partition coefficient (Wildman–Crippen LogP) is 0.585. The molecule has 0 saturated carbocycles. The third-order valence-corrected chi connectivity index (χ3v) is 4.68. The minimum absolute atomic E-state index is 0.0326. The van der Waals surface area contributed by atoms with Gasteiger partial charge < -0.3 is 11.1 Å². The quantitative estimate of drug-likeness (QED) is 0.626. The van der Waals surface area contributed by atoms with E-state index in [4.69, 9.17) is 5.73 Å². The highest BCUT2D eigenvalue weighted by molar-refractivity contribution is 7.91. The van der Waals surface area contributed by atoms with Crippen LogP contribution in [0.2, 0.25) is 0 Å². The molecule has 1 fully saturated rings. The van der Waals surface area contributed by atoms with Crippen molar-refractivity contribution in [2.45, 2.75) is 12.5 Å². The normalized spacial score (nSPS) is 21.6. The molecule has 0 bridgehead atoms. The molecule has 1 amide bonds. The van der Waals surface area contributed by atoms with Gasteiger partial charge in [0.25, 0.3) is 0 Å². The van der Waals surface area contributed by atoms with Gasteiger partial charge in [-0.2, -0.15) is 0 Å². The van der Waals surface area contributed by atoms with Crippen molar-refractivity contribution in [1.29, 1.82) is 0 Å². The van der Waals surface area contributed by atoms with Crippen LogP contribution in [0.1, 0.15) is 12.0 Å². The van der Waals surface area contributed by atoms with Crippen LogP contribution in [0.15, 0.2) is 30.3 Å². The molecule has 0 aliphatic carbocycles. The lowest BCUT2D eigenvalue weighted by atomic mass is 10.2. The first kappa shape index (κ1) is 13.6. The summed E-state index contributed by atoms with van der Waals surface area (Å²) in [4.78, 5) is 11.6. The monoisotopic (exact) mass is 280 g/mol. The summed E-state index contributed by atoms with van der Waals surface area (Å²) in [6.45, 7) is 0. The van der Waals surface area contributed by atoms with Crippen LogP contribution in [-0.4, -0.2) is 31.9 Å². The molecule has 0 radical (unpaired) electrons.